The zero-order valence-electron chi connectivity index (χ0n) is 16.3. The van der Waals surface area contributed by atoms with Gasteiger partial charge in [-0.25, -0.2) is 13.2 Å². The number of hydrogen-bond donors (Lipinski definition) is 2. The number of thiophene rings is 1. The smallest absolute Gasteiger partial charge is 0.350 e. The summed E-state index contributed by atoms with van der Waals surface area (Å²) in [4.78, 5) is 36.8. The van der Waals surface area contributed by atoms with Crippen molar-refractivity contribution in [2.45, 2.75) is 17.4 Å². The molecule has 1 atom stereocenters. The maximum atomic E-state index is 13.2. The molecule has 1 aliphatic rings. The second-order valence-corrected chi connectivity index (χ2v) is 9.21. The minimum Gasteiger partial charge on any atom is -0.465 e. The molecule has 0 saturated carbocycles. The van der Waals surface area contributed by atoms with E-state index in [0.29, 0.717) is 0 Å². The summed E-state index contributed by atoms with van der Waals surface area (Å²) in [6.07, 6.45) is -0.476. The lowest BCUT2D eigenvalue weighted by molar-refractivity contribution is -0.130. The van der Waals surface area contributed by atoms with Gasteiger partial charge in [0.2, 0.25) is 21.8 Å². The summed E-state index contributed by atoms with van der Waals surface area (Å²) in [5.41, 5.74) is 0.153. The quantitative estimate of drug-likeness (QED) is 0.607. The van der Waals surface area contributed by atoms with Crippen LogP contribution >= 0.6 is 11.3 Å². The highest BCUT2D eigenvalue weighted by Crippen LogP contribution is 2.26. The van der Waals surface area contributed by atoms with Gasteiger partial charge in [0.1, 0.15) is 17.0 Å². The van der Waals surface area contributed by atoms with Gasteiger partial charge in [0.25, 0.3) is 0 Å². The van der Waals surface area contributed by atoms with Gasteiger partial charge >= 0.3 is 5.97 Å². The third-order valence-electron chi connectivity index (χ3n) is 4.56. The van der Waals surface area contributed by atoms with E-state index in [-0.39, 0.29) is 34.1 Å². The highest BCUT2D eigenvalue weighted by atomic mass is 32.2. The van der Waals surface area contributed by atoms with Crippen molar-refractivity contribution in [3.05, 3.63) is 46.2 Å². The fraction of sp³-hybridized carbons (Fsp3) is 0.263. The summed E-state index contributed by atoms with van der Waals surface area (Å²) >= 11 is 1.07. The van der Waals surface area contributed by atoms with E-state index in [1.54, 1.807) is 5.38 Å². The van der Waals surface area contributed by atoms with E-state index in [1.165, 1.54) is 37.4 Å². The first-order valence-electron chi connectivity index (χ1n) is 9.04. The maximum Gasteiger partial charge on any atom is 0.350 e. The van der Waals surface area contributed by atoms with Gasteiger partial charge in [-0.15, -0.1) is 11.3 Å². The van der Waals surface area contributed by atoms with Gasteiger partial charge in [-0.2, -0.15) is 9.57 Å². The molecule has 1 saturated heterocycles. The number of nitriles is 1. The summed E-state index contributed by atoms with van der Waals surface area (Å²) in [7, 11) is -3.01. The molecule has 1 fully saturated rings. The first-order chi connectivity index (χ1) is 14.8. The molecule has 0 radical (unpaired) electrons. The minimum atomic E-state index is -4.22. The average molecular weight is 463 g/mol. The summed E-state index contributed by atoms with van der Waals surface area (Å²) in [5, 5.41) is 15.9. The van der Waals surface area contributed by atoms with Crippen molar-refractivity contribution in [1.29, 1.82) is 5.26 Å². The predicted molar refractivity (Wildman–Crippen MR) is 111 cm³/mol. The van der Waals surface area contributed by atoms with E-state index in [9.17, 15) is 28.1 Å². The SMILES string of the molecule is COC(=O)c1sccc1NC(=O)C[C@@H]1C(=O)NCCN1S(=O)(=O)c1ccccc1C#N. The molecule has 31 heavy (non-hydrogen) atoms. The number of piperazine rings is 1. The lowest BCUT2D eigenvalue weighted by Crippen LogP contribution is -2.58. The van der Waals surface area contributed by atoms with Crippen molar-refractivity contribution in [2.24, 2.45) is 0 Å². The third-order valence-corrected chi connectivity index (χ3v) is 7.43. The van der Waals surface area contributed by atoms with E-state index >= 15 is 0 Å². The molecule has 0 aliphatic carbocycles. The molecule has 162 valence electrons. The highest BCUT2D eigenvalue weighted by Gasteiger charge is 2.40. The van der Waals surface area contributed by atoms with Crippen LogP contribution in [-0.4, -0.2) is 56.7 Å². The molecule has 1 aliphatic heterocycles. The third kappa shape index (κ3) is 4.58. The molecule has 1 aromatic carbocycles. The van der Waals surface area contributed by atoms with Gasteiger partial charge in [0.15, 0.2) is 0 Å². The van der Waals surface area contributed by atoms with Crippen LogP contribution in [0.1, 0.15) is 21.7 Å². The Morgan fingerprint density at radius 1 is 1.35 bits per heavy atom. The summed E-state index contributed by atoms with van der Waals surface area (Å²) < 4.78 is 32.0. The van der Waals surface area contributed by atoms with Crippen LogP contribution in [0, 0.1) is 11.3 Å². The van der Waals surface area contributed by atoms with Crippen molar-refractivity contribution in [2.75, 3.05) is 25.5 Å². The molecule has 10 nitrogen and oxygen atoms in total. The number of sulfonamides is 1. The van der Waals surface area contributed by atoms with Crippen molar-refractivity contribution < 1.29 is 27.5 Å². The summed E-state index contributed by atoms with van der Waals surface area (Å²) in [6.45, 7) is 0.0135. The largest absolute Gasteiger partial charge is 0.465 e. The van der Waals surface area contributed by atoms with Gasteiger partial charge in [-0.3, -0.25) is 9.59 Å². The lowest BCUT2D eigenvalue weighted by Gasteiger charge is -2.33. The van der Waals surface area contributed by atoms with Crippen LogP contribution in [-0.2, 0) is 24.3 Å². The number of nitrogens with one attached hydrogen (secondary N) is 2. The zero-order valence-corrected chi connectivity index (χ0v) is 18.0. The Morgan fingerprint density at radius 3 is 2.81 bits per heavy atom. The van der Waals surface area contributed by atoms with E-state index < -0.39 is 40.3 Å². The Balaban J connectivity index is 1.86. The summed E-state index contributed by atoms with van der Waals surface area (Å²) in [5.74, 6) is -1.91. The molecule has 12 heteroatoms. The van der Waals surface area contributed by atoms with Crippen LogP contribution in [0.15, 0.2) is 40.6 Å². The molecule has 2 N–H and O–H groups in total. The molecular formula is C19H18N4O6S2. The number of ether oxygens (including phenoxy) is 1. The van der Waals surface area contributed by atoms with Gasteiger partial charge < -0.3 is 15.4 Å². The topological polar surface area (TPSA) is 146 Å². The summed E-state index contributed by atoms with van der Waals surface area (Å²) in [6, 6.07) is 7.68. The van der Waals surface area contributed by atoms with Crippen LogP contribution in [0.5, 0.6) is 0 Å². The fourth-order valence-electron chi connectivity index (χ4n) is 3.12. The van der Waals surface area contributed by atoms with E-state index in [1.807, 2.05) is 6.07 Å². The monoisotopic (exact) mass is 462 g/mol. The average Bonchev–Trinajstić information content (AvgIpc) is 3.22. The molecule has 3 rings (SSSR count). The van der Waals surface area contributed by atoms with Crippen molar-refractivity contribution >= 4 is 44.8 Å². The van der Waals surface area contributed by atoms with Crippen molar-refractivity contribution in [1.82, 2.24) is 9.62 Å². The molecule has 2 amide bonds. The zero-order chi connectivity index (χ0) is 22.6. The first-order valence-corrected chi connectivity index (χ1v) is 11.4. The normalized spacial score (nSPS) is 16.8. The molecule has 0 bridgehead atoms. The Morgan fingerprint density at radius 2 is 2.10 bits per heavy atom. The first kappa shape index (κ1) is 22.4. The Hall–Kier alpha value is -3.27. The molecule has 0 spiro atoms. The molecule has 2 heterocycles. The van der Waals surface area contributed by atoms with Crippen LogP contribution in [0.4, 0.5) is 5.69 Å². The number of anilines is 1. The fourth-order valence-corrected chi connectivity index (χ4v) is 5.62. The Bertz CT molecular complexity index is 1170. The van der Waals surface area contributed by atoms with Crippen LogP contribution in [0.3, 0.4) is 0 Å². The van der Waals surface area contributed by atoms with Gasteiger partial charge in [0.05, 0.1) is 29.7 Å². The molecule has 2 aromatic rings. The number of esters is 1. The van der Waals surface area contributed by atoms with Crippen LogP contribution in [0.25, 0.3) is 0 Å². The van der Waals surface area contributed by atoms with Crippen LogP contribution in [0.2, 0.25) is 0 Å². The lowest BCUT2D eigenvalue weighted by atomic mass is 10.1. The van der Waals surface area contributed by atoms with E-state index in [0.717, 1.165) is 15.6 Å². The minimum absolute atomic E-state index is 0.0577. The highest BCUT2D eigenvalue weighted by molar-refractivity contribution is 7.89. The van der Waals surface area contributed by atoms with E-state index in [4.69, 9.17) is 0 Å². The van der Waals surface area contributed by atoms with Gasteiger partial charge in [-0.1, -0.05) is 12.1 Å². The number of carbonyl (C=O) groups is 3. The predicted octanol–water partition coefficient (Wildman–Crippen LogP) is 0.924. The Kier molecular flexibility index (Phi) is 6.69. The number of benzene rings is 1. The second kappa shape index (κ2) is 9.25. The number of amides is 2. The van der Waals surface area contributed by atoms with Crippen molar-refractivity contribution in [3.8, 4) is 6.07 Å². The molecular weight excluding hydrogens is 444 g/mol. The van der Waals surface area contributed by atoms with E-state index in [2.05, 4.69) is 15.4 Å². The molecule has 1 aromatic heterocycles. The number of nitrogens with zero attached hydrogens (tertiary/aromatic N) is 2. The number of carbonyl (C=O) groups excluding carboxylic acids is 3. The number of rotatable bonds is 6. The maximum absolute atomic E-state index is 13.2. The van der Waals surface area contributed by atoms with Gasteiger partial charge in [-0.05, 0) is 23.6 Å². The number of hydrogen-bond acceptors (Lipinski definition) is 8. The molecule has 0 unspecified atom stereocenters. The van der Waals surface area contributed by atoms with Gasteiger partial charge in [0, 0.05) is 13.1 Å². The number of methoxy groups -OCH3 is 1. The Labute approximate surface area is 182 Å². The van der Waals surface area contributed by atoms with Crippen LogP contribution < -0.4 is 10.6 Å². The standard InChI is InChI=1S/C19H18N4O6S2/c1-29-19(26)17-13(6-9-30-17)22-16(24)10-14-18(25)21-7-8-23(14)31(27,28)15-5-3-2-4-12(15)11-20/h2-6,9,14H,7-8,10H2,1H3,(H,21,25)(H,22,24)/t14-/m1/s1. The van der Waals surface area contributed by atoms with Crippen molar-refractivity contribution in [3.63, 3.8) is 0 Å². The second-order valence-electron chi connectivity index (χ2n) is 6.44.